The number of rotatable bonds is 31. The molecule has 0 aromatic carbocycles. The molecule has 0 heterocycles. The zero-order chi connectivity index (χ0) is 33.7. The molecule has 0 aliphatic rings. The van der Waals surface area contributed by atoms with E-state index in [0.717, 1.165) is 25.7 Å². The van der Waals surface area contributed by atoms with Crippen molar-refractivity contribution in [3.8, 4) is 0 Å². The van der Waals surface area contributed by atoms with Crippen molar-refractivity contribution in [2.45, 2.75) is 142 Å². The van der Waals surface area contributed by atoms with Crippen molar-refractivity contribution < 1.29 is 42.1 Å². The van der Waals surface area contributed by atoms with Gasteiger partial charge in [0.05, 0.1) is 27.7 Å². The van der Waals surface area contributed by atoms with Gasteiger partial charge in [-0.05, 0) is 38.5 Å². The summed E-state index contributed by atoms with van der Waals surface area (Å²) in [6.07, 6.45) is 28.9. The Labute approximate surface area is 275 Å². The number of quaternary nitrogens is 1. The number of phosphoric ester groups is 1. The van der Waals surface area contributed by atoms with E-state index in [0.29, 0.717) is 17.4 Å². The first-order valence-electron chi connectivity index (χ1n) is 17.6. The number of hydrogen-bond acceptors (Lipinski definition) is 7. The van der Waals surface area contributed by atoms with Gasteiger partial charge in [-0.15, -0.1) is 0 Å². The van der Waals surface area contributed by atoms with Crippen molar-refractivity contribution in [3.05, 3.63) is 24.3 Å². The van der Waals surface area contributed by atoms with E-state index in [4.69, 9.17) is 18.5 Å². The second-order valence-electron chi connectivity index (χ2n) is 12.9. The number of nitrogens with zero attached hydrogens (tertiary/aromatic N) is 1. The number of hydrogen-bond donors (Lipinski definition) is 1. The molecule has 10 heteroatoms. The summed E-state index contributed by atoms with van der Waals surface area (Å²) in [7, 11) is 1.46. The maximum atomic E-state index is 12.4. The standard InChI is InChI=1S/C35H66NO8P/c1-6-8-9-10-11-12-13-14-15-16-17-18-19-20-21-22-23-24-25-26-27-28-35(38)44-33(31-41-34(37)7-2)32-43-45(39,40)42-30-29-36(3,4)5/h13-14,16-17,33H,6-12,15,18-32H2,1-5H3/p+1/b14-13-,17-16-. The summed E-state index contributed by atoms with van der Waals surface area (Å²) < 4.78 is 33.3. The van der Waals surface area contributed by atoms with Crippen LogP contribution in [-0.2, 0) is 32.7 Å². The van der Waals surface area contributed by atoms with Crippen molar-refractivity contribution in [3.63, 3.8) is 0 Å². The smallest absolute Gasteiger partial charge is 0.462 e. The molecule has 264 valence electrons. The second-order valence-corrected chi connectivity index (χ2v) is 14.3. The van der Waals surface area contributed by atoms with Crippen LogP contribution in [0, 0.1) is 0 Å². The third kappa shape index (κ3) is 32.2. The fourth-order valence-corrected chi connectivity index (χ4v) is 5.18. The number of unbranched alkanes of at least 4 members (excludes halogenated alkanes) is 14. The lowest BCUT2D eigenvalue weighted by molar-refractivity contribution is -0.870. The molecule has 0 saturated carbocycles. The molecule has 9 nitrogen and oxygen atoms in total. The molecule has 2 unspecified atom stereocenters. The van der Waals surface area contributed by atoms with Gasteiger partial charge < -0.3 is 18.9 Å². The lowest BCUT2D eigenvalue weighted by Gasteiger charge is -2.24. The van der Waals surface area contributed by atoms with Gasteiger partial charge in [0.15, 0.2) is 6.10 Å². The number of carbonyl (C=O) groups excluding carboxylic acids is 2. The Morgan fingerprint density at radius 3 is 1.78 bits per heavy atom. The lowest BCUT2D eigenvalue weighted by Crippen LogP contribution is -2.37. The second kappa shape index (κ2) is 28.7. The number of carbonyl (C=O) groups is 2. The molecule has 1 N–H and O–H groups in total. The summed E-state index contributed by atoms with van der Waals surface area (Å²) in [6, 6.07) is 0. The molecule has 0 rings (SSSR count). The average Bonchev–Trinajstić information content (AvgIpc) is 2.98. The van der Waals surface area contributed by atoms with E-state index < -0.39 is 32.5 Å². The Bertz CT molecular complexity index is 840. The van der Waals surface area contributed by atoms with Gasteiger partial charge in [-0.1, -0.05) is 109 Å². The van der Waals surface area contributed by atoms with Crippen LogP contribution in [0.25, 0.3) is 0 Å². The normalized spacial score (nSPS) is 14.2. The summed E-state index contributed by atoms with van der Waals surface area (Å²) in [5.41, 5.74) is 0. The van der Waals surface area contributed by atoms with Crippen LogP contribution in [0.4, 0.5) is 0 Å². The lowest BCUT2D eigenvalue weighted by atomic mass is 10.1. The summed E-state index contributed by atoms with van der Waals surface area (Å²) in [5.74, 6) is -0.904. The van der Waals surface area contributed by atoms with Crippen LogP contribution in [0.15, 0.2) is 24.3 Å². The molecule has 0 fully saturated rings. The topological polar surface area (TPSA) is 108 Å². The molecule has 0 radical (unpaired) electrons. The molecule has 2 atom stereocenters. The molecular formula is C35H67NO8P+. The molecule has 45 heavy (non-hydrogen) atoms. The van der Waals surface area contributed by atoms with E-state index in [2.05, 4.69) is 31.2 Å². The van der Waals surface area contributed by atoms with E-state index in [9.17, 15) is 19.0 Å². The quantitative estimate of drug-likeness (QED) is 0.0258. The van der Waals surface area contributed by atoms with Crippen molar-refractivity contribution in [2.24, 2.45) is 0 Å². The van der Waals surface area contributed by atoms with Crippen LogP contribution < -0.4 is 0 Å². The summed E-state index contributed by atoms with van der Waals surface area (Å²) >= 11 is 0. The molecule has 0 saturated heterocycles. The SMILES string of the molecule is CCCCCCC/C=C\C/C=C\CCCCCCCCCCCC(=O)OC(COC(=O)CC)COP(=O)(O)OCC[N+](C)(C)C. The molecule has 0 aliphatic heterocycles. The van der Waals surface area contributed by atoms with Gasteiger partial charge in [0.25, 0.3) is 0 Å². The van der Waals surface area contributed by atoms with E-state index >= 15 is 0 Å². The van der Waals surface area contributed by atoms with Crippen molar-refractivity contribution >= 4 is 19.8 Å². The Morgan fingerprint density at radius 2 is 1.24 bits per heavy atom. The Morgan fingerprint density at radius 1 is 0.711 bits per heavy atom. The highest BCUT2D eigenvalue weighted by Crippen LogP contribution is 2.43. The van der Waals surface area contributed by atoms with Gasteiger partial charge in [-0.3, -0.25) is 18.6 Å². The van der Waals surface area contributed by atoms with Crippen molar-refractivity contribution in [2.75, 3.05) is 47.5 Å². The summed E-state index contributed by atoms with van der Waals surface area (Å²) in [4.78, 5) is 33.9. The minimum absolute atomic E-state index is 0.0296. The molecule has 0 aromatic rings. The van der Waals surface area contributed by atoms with Gasteiger partial charge in [0.1, 0.15) is 19.8 Å². The van der Waals surface area contributed by atoms with Gasteiger partial charge >= 0.3 is 19.8 Å². The van der Waals surface area contributed by atoms with Crippen molar-refractivity contribution in [1.82, 2.24) is 0 Å². The monoisotopic (exact) mass is 660 g/mol. The minimum atomic E-state index is -4.34. The predicted molar refractivity (Wildman–Crippen MR) is 183 cm³/mol. The maximum Gasteiger partial charge on any atom is 0.472 e. The van der Waals surface area contributed by atoms with E-state index in [1.807, 2.05) is 21.1 Å². The maximum absolute atomic E-state index is 12.4. The third-order valence-corrected chi connectivity index (χ3v) is 8.27. The van der Waals surface area contributed by atoms with Crippen LogP contribution in [0.2, 0.25) is 0 Å². The zero-order valence-electron chi connectivity index (χ0n) is 29.3. The van der Waals surface area contributed by atoms with Crippen LogP contribution in [0.3, 0.4) is 0 Å². The highest BCUT2D eigenvalue weighted by molar-refractivity contribution is 7.47. The number of allylic oxidation sites excluding steroid dienone is 4. The van der Waals surface area contributed by atoms with Crippen LogP contribution in [0.1, 0.15) is 136 Å². The van der Waals surface area contributed by atoms with Gasteiger partial charge in [0.2, 0.25) is 0 Å². The Balaban J connectivity index is 3.95. The molecular weight excluding hydrogens is 593 g/mol. The number of ether oxygens (including phenoxy) is 2. The van der Waals surface area contributed by atoms with Crippen LogP contribution >= 0.6 is 7.82 Å². The van der Waals surface area contributed by atoms with Gasteiger partial charge in [-0.2, -0.15) is 0 Å². The fraction of sp³-hybridized carbons (Fsp3) is 0.829. The minimum Gasteiger partial charge on any atom is -0.462 e. The van der Waals surface area contributed by atoms with E-state index in [1.165, 1.54) is 77.0 Å². The largest absolute Gasteiger partial charge is 0.472 e. The van der Waals surface area contributed by atoms with E-state index in [-0.39, 0.29) is 26.1 Å². The average molecular weight is 661 g/mol. The fourth-order valence-electron chi connectivity index (χ4n) is 4.43. The number of esters is 2. The predicted octanol–water partition coefficient (Wildman–Crippen LogP) is 8.85. The van der Waals surface area contributed by atoms with Crippen LogP contribution in [-0.4, -0.2) is 74.9 Å². The van der Waals surface area contributed by atoms with Gasteiger partial charge in [-0.25, -0.2) is 4.57 Å². The van der Waals surface area contributed by atoms with Gasteiger partial charge in [0, 0.05) is 12.8 Å². The molecule has 0 aliphatic carbocycles. The molecule has 0 bridgehead atoms. The molecule has 0 spiro atoms. The zero-order valence-corrected chi connectivity index (χ0v) is 30.2. The summed E-state index contributed by atoms with van der Waals surface area (Å²) in [6.45, 7) is 3.79. The Hall–Kier alpha value is -1.51. The van der Waals surface area contributed by atoms with Crippen LogP contribution in [0.5, 0.6) is 0 Å². The first kappa shape index (κ1) is 43.5. The van der Waals surface area contributed by atoms with Crippen molar-refractivity contribution in [1.29, 1.82) is 0 Å². The Kier molecular flexibility index (Phi) is 27.7. The van der Waals surface area contributed by atoms with E-state index in [1.54, 1.807) is 6.92 Å². The summed E-state index contributed by atoms with van der Waals surface area (Å²) in [5, 5.41) is 0. The highest BCUT2D eigenvalue weighted by Gasteiger charge is 2.26. The number of likely N-dealkylation sites (N-methyl/N-ethyl adjacent to an activating group) is 1. The highest BCUT2D eigenvalue weighted by atomic mass is 31.2. The molecule has 0 amide bonds. The molecule has 0 aromatic heterocycles. The first-order chi connectivity index (χ1) is 21.5. The number of phosphoric acid groups is 1. The third-order valence-electron chi connectivity index (χ3n) is 7.29. The first-order valence-corrected chi connectivity index (χ1v) is 19.1.